The largest absolute Gasteiger partial charge is 0.453 e. The van der Waals surface area contributed by atoms with E-state index >= 15 is 0 Å². The molecule has 1 saturated heterocycles. The maximum Gasteiger partial charge on any atom is 0.409 e. The second-order valence-electron chi connectivity index (χ2n) is 5.10. The summed E-state index contributed by atoms with van der Waals surface area (Å²) in [6.45, 7) is 8.63. The van der Waals surface area contributed by atoms with Gasteiger partial charge in [0.15, 0.2) is 0 Å². The van der Waals surface area contributed by atoms with Crippen LogP contribution in [0.1, 0.15) is 26.7 Å². The van der Waals surface area contributed by atoms with Gasteiger partial charge in [0.25, 0.3) is 0 Å². The van der Waals surface area contributed by atoms with Crippen molar-refractivity contribution < 1.29 is 14.3 Å². The van der Waals surface area contributed by atoms with Crippen LogP contribution in [-0.2, 0) is 9.53 Å². The van der Waals surface area contributed by atoms with Gasteiger partial charge in [0.2, 0.25) is 5.91 Å². The van der Waals surface area contributed by atoms with Gasteiger partial charge in [-0.05, 0) is 12.8 Å². The van der Waals surface area contributed by atoms with Crippen LogP contribution in [0.3, 0.4) is 0 Å². The lowest BCUT2D eigenvalue weighted by Crippen LogP contribution is -2.50. The maximum absolute atomic E-state index is 11.8. The fraction of sp³-hybridized carbons (Fsp3) is 0.857. The molecule has 20 heavy (non-hydrogen) atoms. The molecule has 1 rings (SSSR count). The Morgan fingerprint density at radius 3 is 2.25 bits per heavy atom. The number of nitrogens with one attached hydrogen (secondary N) is 1. The summed E-state index contributed by atoms with van der Waals surface area (Å²) in [5.41, 5.74) is 0. The van der Waals surface area contributed by atoms with E-state index < -0.39 is 0 Å². The third-order valence-corrected chi connectivity index (χ3v) is 3.89. The Kier molecular flexibility index (Phi) is 7.36. The van der Waals surface area contributed by atoms with Gasteiger partial charge in [0, 0.05) is 45.2 Å². The summed E-state index contributed by atoms with van der Waals surface area (Å²) >= 11 is 0. The van der Waals surface area contributed by atoms with Gasteiger partial charge in [-0.25, -0.2) is 4.79 Å². The average Bonchev–Trinajstić information content (AvgIpc) is 2.48. The summed E-state index contributed by atoms with van der Waals surface area (Å²) in [5, 5.41) is 2.99. The molecule has 6 nitrogen and oxygen atoms in total. The summed E-state index contributed by atoms with van der Waals surface area (Å²) in [4.78, 5) is 27.1. The lowest BCUT2D eigenvalue weighted by Gasteiger charge is -2.33. The maximum atomic E-state index is 11.8. The number of hydrogen-bond donors (Lipinski definition) is 1. The molecular formula is C14H27N3O3. The zero-order valence-electron chi connectivity index (χ0n) is 12.9. The zero-order valence-corrected chi connectivity index (χ0v) is 12.9. The quantitative estimate of drug-likeness (QED) is 0.788. The van der Waals surface area contributed by atoms with Crippen LogP contribution < -0.4 is 5.32 Å². The summed E-state index contributed by atoms with van der Waals surface area (Å²) in [6, 6.07) is 0. The molecule has 0 saturated carbocycles. The van der Waals surface area contributed by atoms with Crippen LogP contribution in [0.15, 0.2) is 0 Å². The Balaban J connectivity index is 2.18. The fourth-order valence-electron chi connectivity index (χ4n) is 2.42. The molecular weight excluding hydrogens is 258 g/mol. The van der Waals surface area contributed by atoms with Gasteiger partial charge in [0.1, 0.15) is 0 Å². The number of rotatable bonds is 6. The first-order chi connectivity index (χ1) is 9.62. The highest BCUT2D eigenvalue weighted by Crippen LogP contribution is 2.07. The summed E-state index contributed by atoms with van der Waals surface area (Å²) in [7, 11) is 1.40. The lowest BCUT2D eigenvalue weighted by molar-refractivity contribution is -0.125. The summed E-state index contributed by atoms with van der Waals surface area (Å²) in [6.07, 6.45) is 1.52. The molecule has 0 aliphatic carbocycles. The number of nitrogens with zero attached hydrogens (tertiary/aromatic N) is 2. The van der Waals surface area contributed by atoms with Crippen molar-refractivity contribution in [3.8, 4) is 0 Å². The Morgan fingerprint density at radius 1 is 1.15 bits per heavy atom. The van der Waals surface area contributed by atoms with Crippen LogP contribution in [0.5, 0.6) is 0 Å². The molecule has 0 radical (unpaired) electrons. The SMILES string of the molecule is CCC(CC)C(=O)NCCN1CCN(C(=O)OC)CC1. The molecule has 2 amide bonds. The molecule has 0 aromatic rings. The highest BCUT2D eigenvalue weighted by molar-refractivity contribution is 5.78. The van der Waals surface area contributed by atoms with Crippen molar-refractivity contribution in [3.05, 3.63) is 0 Å². The monoisotopic (exact) mass is 285 g/mol. The van der Waals surface area contributed by atoms with Gasteiger partial charge >= 0.3 is 6.09 Å². The van der Waals surface area contributed by atoms with Crippen molar-refractivity contribution in [2.75, 3.05) is 46.4 Å². The molecule has 1 heterocycles. The summed E-state index contributed by atoms with van der Waals surface area (Å²) < 4.78 is 4.70. The van der Waals surface area contributed by atoms with Crippen molar-refractivity contribution >= 4 is 12.0 Å². The topological polar surface area (TPSA) is 61.9 Å². The van der Waals surface area contributed by atoms with Gasteiger partial charge in [-0.3, -0.25) is 9.69 Å². The Bertz CT molecular complexity index is 311. The van der Waals surface area contributed by atoms with Crippen molar-refractivity contribution in [3.63, 3.8) is 0 Å². The number of carbonyl (C=O) groups excluding carboxylic acids is 2. The number of ether oxygens (including phenoxy) is 1. The minimum Gasteiger partial charge on any atom is -0.453 e. The van der Waals surface area contributed by atoms with E-state index in [2.05, 4.69) is 10.2 Å². The van der Waals surface area contributed by atoms with E-state index in [1.807, 2.05) is 13.8 Å². The van der Waals surface area contributed by atoms with Crippen molar-refractivity contribution in [1.82, 2.24) is 15.1 Å². The minimum atomic E-state index is -0.258. The van der Waals surface area contributed by atoms with E-state index in [4.69, 9.17) is 4.74 Å². The van der Waals surface area contributed by atoms with E-state index in [-0.39, 0.29) is 17.9 Å². The van der Waals surface area contributed by atoms with E-state index in [0.717, 1.165) is 32.5 Å². The number of amides is 2. The zero-order chi connectivity index (χ0) is 15.0. The Hall–Kier alpha value is -1.30. The fourth-order valence-corrected chi connectivity index (χ4v) is 2.42. The predicted molar refractivity (Wildman–Crippen MR) is 77.5 cm³/mol. The molecule has 6 heteroatoms. The third-order valence-electron chi connectivity index (χ3n) is 3.89. The first kappa shape index (κ1) is 16.8. The number of hydrogen-bond acceptors (Lipinski definition) is 4. The number of methoxy groups -OCH3 is 1. The molecule has 0 atom stereocenters. The second-order valence-corrected chi connectivity index (χ2v) is 5.10. The van der Waals surface area contributed by atoms with Gasteiger partial charge in [-0.15, -0.1) is 0 Å². The van der Waals surface area contributed by atoms with Gasteiger partial charge < -0.3 is 15.0 Å². The summed E-state index contributed by atoms with van der Waals surface area (Å²) in [5.74, 6) is 0.286. The van der Waals surface area contributed by atoms with Crippen LogP contribution in [0.25, 0.3) is 0 Å². The molecule has 0 bridgehead atoms. The van der Waals surface area contributed by atoms with Crippen molar-refractivity contribution in [2.45, 2.75) is 26.7 Å². The van der Waals surface area contributed by atoms with Gasteiger partial charge in [-0.1, -0.05) is 13.8 Å². The number of carbonyl (C=O) groups is 2. The van der Waals surface area contributed by atoms with Crippen molar-refractivity contribution in [2.24, 2.45) is 5.92 Å². The Labute approximate surface area is 121 Å². The molecule has 0 aromatic heterocycles. The molecule has 1 N–H and O–H groups in total. The first-order valence-corrected chi connectivity index (χ1v) is 7.45. The minimum absolute atomic E-state index is 0.131. The third kappa shape index (κ3) is 5.00. The predicted octanol–water partition coefficient (Wildman–Crippen LogP) is 0.923. The average molecular weight is 285 g/mol. The van der Waals surface area contributed by atoms with E-state index in [9.17, 15) is 9.59 Å². The second kappa shape index (κ2) is 8.79. The molecule has 116 valence electrons. The van der Waals surface area contributed by atoms with Crippen LogP contribution in [0.4, 0.5) is 4.79 Å². The highest BCUT2D eigenvalue weighted by atomic mass is 16.5. The molecule has 0 spiro atoms. The first-order valence-electron chi connectivity index (χ1n) is 7.45. The lowest BCUT2D eigenvalue weighted by atomic mass is 10.0. The van der Waals surface area contributed by atoms with E-state index in [1.54, 1.807) is 4.90 Å². The smallest absolute Gasteiger partial charge is 0.409 e. The molecule has 0 unspecified atom stereocenters. The van der Waals surface area contributed by atoms with Crippen molar-refractivity contribution in [1.29, 1.82) is 0 Å². The highest BCUT2D eigenvalue weighted by Gasteiger charge is 2.21. The molecule has 1 aliphatic rings. The van der Waals surface area contributed by atoms with E-state index in [0.29, 0.717) is 19.6 Å². The standard InChI is InChI=1S/C14H27N3O3/c1-4-12(5-2)13(18)15-6-7-16-8-10-17(11-9-16)14(19)20-3/h12H,4-11H2,1-3H3,(H,15,18). The van der Waals surface area contributed by atoms with Crippen LogP contribution in [0.2, 0.25) is 0 Å². The molecule has 1 aliphatic heterocycles. The van der Waals surface area contributed by atoms with Crippen LogP contribution >= 0.6 is 0 Å². The molecule has 1 fully saturated rings. The van der Waals surface area contributed by atoms with Gasteiger partial charge in [0.05, 0.1) is 7.11 Å². The van der Waals surface area contributed by atoms with Gasteiger partial charge in [-0.2, -0.15) is 0 Å². The molecule has 0 aromatic carbocycles. The van der Waals surface area contributed by atoms with Crippen LogP contribution in [-0.4, -0.2) is 68.2 Å². The van der Waals surface area contributed by atoms with E-state index in [1.165, 1.54) is 7.11 Å². The number of piperazine rings is 1. The normalized spacial score (nSPS) is 16.3. The van der Waals surface area contributed by atoms with Crippen LogP contribution in [0, 0.1) is 5.92 Å². The Morgan fingerprint density at radius 2 is 1.75 bits per heavy atom.